The number of fused-ring (bicyclic) bond motifs is 1. The van der Waals surface area contributed by atoms with Crippen molar-refractivity contribution in [3.63, 3.8) is 0 Å². The number of aryl methyl sites for hydroxylation is 2. The second-order valence-electron chi connectivity index (χ2n) is 8.76. The largest absolute Gasteiger partial charge is 0.496 e. The van der Waals surface area contributed by atoms with E-state index in [1.54, 1.807) is 18.9 Å². The molecule has 1 unspecified atom stereocenters. The van der Waals surface area contributed by atoms with Gasteiger partial charge >= 0.3 is 0 Å². The third-order valence-corrected chi connectivity index (χ3v) is 6.68. The van der Waals surface area contributed by atoms with Crippen LogP contribution in [-0.4, -0.2) is 40.7 Å². The summed E-state index contributed by atoms with van der Waals surface area (Å²) < 4.78 is 7.89. The molecule has 0 spiro atoms. The lowest BCUT2D eigenvalue weighted by Gasteiger charge is -2.16. The van der Waals surface area contributed by atoms with Gasteiger partial charge in [-0.25, -0.2) is 4.52 Å². The van der Waals surface area contributed by atoms with Gasteiger partial charge in [-0.05, 0) is 87.5 Å². The topological polar surface area (TPSA) is 58.8 Å². The fourth-order valence-corrected chi connectivity index (χ4v) is 4.85. The van der Waals surface area contributed by atoms with Gasteiger partial charge in [0, 0.05) is 12.1 Å². The van der Waals surface area contributed by atoms with Gasteiger partial charge in [-0.15, -0.1) is 11.8 Å². The highest BCUT2D eigenvalue weighted by Gasteiger charge is 2.26. The molecule has 0 aliphatic heterocycles. The smallest absolute Gasteiger partial charge is 0.142 e. The maximum absolute atomic E-state index is 9.73. The van der Waals surface area contributed by atoms with E-state index in [1.165, 1.54) is 29.5 Å². The first-order chi connectivity index (χ1) is 14.9. The molecule has 1 saturated carbocycles. The van der Waals surface area contributed by atoms with Gasteiger partial charge in [0.15, 0.2) is 0 Å². The molecule has 31 heavy (non-hydrogen) atoms. The molecule has 2 heterocycles. The normalized spacial score (nSPS) is 14.8. The van der Waals surface area contributed by atoms with Crippen molar-refractivity contribution in [1.29, 1.82) is 0 Å². The zero-order valence-electron chi connectivity index (χ0n) is 19.2. The average Bonchev–Trinajstić information content (AvgIpc) is 3.46. The number of thioether (sulfide) groups is 1. The van der Waals surface area contributed by atoms with Crippen LogP contribution in [0.1, 0.15) is 42.9 Å². The van der Waals surface area contributed by atoms with Crippen molar-refractivity contribution < 1.29 is 9.84 Å². The van der Waals surface area contributed by atoms with E-state index in [0.717, 1.165) is 45.6 Å². The lowest BCUT2D eigenvalue weighted by molar-refractivity contribution is 0.188. The first-order valence-corrected chi connectivity index (χ1v) is 12.3. The SMILES string of the molecule is COc1cc(C)cc(C)c1-c1ccc(CC2CC2)c2c(NCCC(C)O)c(SC)nn12. The molecular weight excluding hydrogens is 406 g/mol. The van der Waals surface area contributed by atoms with E-state index in [4.69, 9.17) is 9.84 Å². The fourth-order valence-electron chi connectivity index (χ4n) is 4.31. The molecule has 0 amide bonds. The van der Waals surface area contributed by atoms with Crippen LogP contribution in [0.2, 0.25) is 0 Å². The number of aliphatic hydroxyl groups excluding tert-OH is 1. The number of benzene rings is 1. The highest BCUT2D eigenvalue weighted by atomic mass is 32.2. The molecule has 4 rings (SSSR count). The number of methoxy groups -OCH3 is 1. The summed E-state index contributed by atoms with van der Waals surface area (Å²) in [5, 5.41) is 19.3. The van der Waals surface area contributed by atoms with E-state index in [0.29, 0.717) is 13.0 Å². The van der Waals surface area contributed by atoms with Crippen LogP contribution in [0.15, 0.2) is 29.3 Å². The molecule has 1 fully saturated rings. The van der Waals surface area contributed by atoms with Gasteiger partial charge in [-0.3, -0.25) is 0 Å². The van der Waals surface area contributed by atoms with Gasteiger partial charge in [0.25, 0.3) is 0 Å². The number of pyridine rings is 1. The van der Waals surface area contributed by atoms with Crippen LogP contribution in [0, 0.1) is 19.8 Å². The summed E-state index contributed by atoms with van der Waals surface area (Å²) in [6.45, 7) is 6.77. The number of nitrogens with one attached hydrogen (secondary N) is 1. The Labute approximate surface area is 189 Å². The Kier molecular flexibility index (Phi) is 6.49. The summed E-state index contributed by atoms with van der Waals surface area (Å²) in [7, 11) is 1.73. The minimum absolute atomic E-state index is 0.326. The Morgan fingerprint density at radius 2 is 2.06 bits per heavy atom. The Morgan fingerprint density at radius 1 is 1.29 bits per heavy atom. The van der Waals surface area contributed by atoms with Gasteiger partial charge in [-0.2, -0.15) is 5.10 Å². The zero-order chi connectivity index (χ0) is 22.1. The van der Waals surface area contributed by atoms with Crippen molar-refractivity contribution in [2.45, 2.75) is 57.6 Å². The number of anilines is 1. The Bertz CT molecular complexity index is 1090. The lowest BCUT2D eigenvalue weighted by Crippen LogP contribution is -2.10. The second-order valence-corrected chi connectivity index (χ2v) is 9.55. The first-order valence-electron chi connectivity index (χ1n) is 11.1. The molecule has 5 nitrogen and oxygen atoms in total. The van der Waals surface area contributed by atoms with E-state index in [1.807, 2.05) is 6.92 Å². The third-order valence-electron chi connectivity index (χ3n) is 6.01. The van der Waals surface area contributed by atoms with Crippen LogP contribution >= 0.6 is 11.8 Å². The minimum atomic E-state index is -0.326. The van der Waals surface area contributed by atoms with Crippen LogP contribution in [-0.2, 0) is 6.42 Å². The summed E-state index contributed by atoms with van der Waals surface area (Å²) in [4.78, 5) is 0. The minimum Gasteiger partial charge on any atom is -0.496 e. The summed E-state index contributed by atoms with van der Waals surface area (Å²) in [6, 6.07) is 8.75. The molecule has 0 radical (unpaired) electrons. The number of aliphatic hydroxyl groups is 1. The van der Waals surface area contributed by atoms with Crippen molar-refractivity contribution >= 4 is 23.0 Å². The van der Waals surface area contributed by atoms with E-state index >= 15 is 0 Å². The van der Waals surface area contributed by atoms with Crippen molar-refractivity contribution in [2.75, 3.05) is 25.2 Å². The molecule has 3 aromatic rings. The van der Waals surface area contributed by atoms with Gasteiger partial charge in [-0.1, -0.05) is 12.1 Å². The lowest BCUT2D eigenvalue weighted by atomic mass is 9.99. The Balaban J connectivity index is 1.91. The molecule has 1 aromatic carbocycles. The average molecular weight is 440 g/mol. The van der Waals surface area contributed by atoms with Crippen molar-refractivity contribution in [3.05, 3.63) is 41.0 Å². The molecule has 166 valence electrons. The van der Waals surface area contributed by atoms with E-state index < -0.39 is 0 Å². The molecule has 1 aliphatic carbocycles. The Hall–Kier alpha value is -2.18. The zero-order valence-corrected chi connectivity index (χ0v) is 20.0. The van der Waals surface area contributed by atoms with Crippen LogP contribution in [0.4, 0.5) is 5.69 Å². The van der Waals surface area contributed by atoms with Crippen LogP contribution < -0.4 is 10.1 Å². The van der Waals surface area contributed by atoms with Crippen molar-refractivity contribution in [2.24, 2.45) is 5.92 Å². The number of hydrogen-bond acceptors (Lipinski definition) is 5. The molecule has 6 heteroatoms. The van der Waals surface area contributed by atoms with Crippen molar-refractivity contribution in [3.8, 4) is 17.0 Å². The molecule has 0 saturated heterocycles. The van der Waals surface area contributed by atoms with Crippen molar-refractivity contribution in [1.82, 2.24) is 9.61 Å². The summed E-state index contributed by atoms with van der Waals surface area (Å²) >= 11 is 1.66. The predicted octanol–water partition coefficient (Wildman–Crippen LogP) is 5.48. The number of ether oxygens (including phenoxy) is 1. The standard InChI is InChI=1S/C25H33N3O2S/c1-15-12-16(2)22(21(13-15)30-4)20-9-8-19(14-18-6-7-18)24-23(26-11-10-17(3)29)25(31-5)27-28(20)24/h8-9,12-13,17-18,26,29H,6-7,10-11,14H2,1-5H3. The number of nitrogens with zero attached hydrogens (tertiary/aromatic N) is 2. The van der Waals surface area contributed by atoms with E-state index in [-0.39, 0.29) is 6.10 Å². The fraction of sp³-hybridized carbons (Fsp3) is 0.480. The summed E-state index contributed by atoms with van der Waals surface area (Å²) in [6.07, 6.45) is 6.15. The maximum atomic E-state index is 9.73. The van der Waals surface area contributed by atoms with E-state index in [9.17, 15) is 5.11 Å². The Morgan fingerprint density at radius 3 is 2.71 bits per heavy atom. The molecule has 0 bridgehead atoms. The van der Waals surface area contributed by atoms with Gasteiger partial charge in [0.2, 0.25) is 0 Å². The first kappa shape index (κ1) is 22.0. The highest BCUT2D eigenvalue weighted by molar-refractivity contribution is 7.98. The predicted molar refractivity (Wildman–Crippen MR) is 130 cm³/mol. The monoisotopic (exact) mass is 439 g/mol. The van der Waals surface area contributed by atoms with Crippen LogP contribution in [0.3, 0.4) is 0 Å². The van der Waals surface area contributed by atoms with Crippen LogP contribution in [0.5, 0.6) is 5.75 Å². The van der Waals surface area contributed by atoms with E-state index in [2.05, 4.69) is 54.2 Å². The maximum Gasteiger partial charge on any atom is 0.142 e. The van der Waals surface area contributed by atoms with Crippen LogP contribution in [0.25, 0.3) is 16.8 Å². The second kappa shape index (κ2) is 9.13. The number of rotatable bonds is 9. The number of hydrogen-bond donors (Lipinski definition) is 2. The molecule has 2 aromatic heterocycles. The quantitative estimate of drug-likeness (QED) is 0.432. The summed E-state index contributed by atoms with van der Waals surface area (Å²) in [5.74, 6) is 1.65. The highest BCUT2D eigenvalue weighted by Crippen LogP contribution is 2.41. The van der Waals surface area contributed by atoms with Gasteiger partial charge in [0.05, 0.1) is 30.1 Å². The molecular formula is C25H33N3O2S. The number of aromatic nitrogens is 2. The van der Waals surface area contributed by atoms with Gasteiger partial charge < -0.3 is 15.2 Å². The van der Waals surface area contributed by atoms with Gasteiger partial charge in [0.1, 0.15) is 10.8 Å². The third kappa shape index (κ3) is 4.55. The molecule has 1 aliphatic rings. The summed E-state index contributed by atoms with van der Waals surface area (Å²) in [5.41, 5.74) is 8.06. The molecule has 2 N–H and O–H groups in total. The molecule has 1 atom stereocenters.